The van der Waals surface area contributed by atoms with Gasteiger partial charge in [-0.25, -0.2) is 4.39 Å². The Kier molecular flexibility index (Phi) is 2.64. The van der Waals surface area contributed by atoms with Crippen LogP contribution in [0, 0.1) is 5.82 Å². The summed E-state index contributed by atoms with van der Waals surface area (Å²) in [5, 5.41) is 4.01. The molecule has 0 fully saturated rings. The summed E-state index contributed by atoms with van der Waals surface area (Å²) in [6.07, 6.45) is 2.46. The average Bonchev–Trinajstić information content (AvgIpc) is 2.61. The Morgan fingerprint density at radius 2 is 2.12 bits per heavy atom. The lowest BCUT2D eigenvalue weighted by atomic mass is 10.0. The highest BCUT2D eigenvalue weighted by molar-refractivity contribution is 5.74. The Balaban J connectivity index is 2.59. The lowest BCUT2D eigenvalue weighted by Gasteiger charge is -2.05. The third-order valence-electron chi connectivity index (χ3n) is 2.71. The van der Waals surface area contributed by atoms with Crippen molar-refractivity contribution in [1.29, 1.82) is 0 Å². The first kappa shape index (κ1) is 10.7. The summed E-state index contributed by atoms with van der Waals surface area (Å²) in [7, 11) is 1.74. The van der Waals surface area contributed by atoms with Crippen LogP contribution in [-0.2, 0) is 13.5 Å². The molecule has 2 N–H and O–H groups in total. The van der Waals surface area contributed by atoms with E-state index in [1.807, 2.05) is 13.0 Å². The molecule has 0 aliphatic heterocycles. The van der Waals surface area contributed by atoms with Crippen molar-refractivity contribution >= 4 is 5.82 Å². The number of aromatic nitrogens is 2. The minimum atomic E-state index is -0.267. The molecular weight excluding hydrogens is 205 g/mol. The molecular formula is C12H14FN3. The minimum absolute atomic E-state index is 0.267. The molecule has 1 aromatic heterocycles. The number of nitrogen functional groups attached to an aromatic ring is 1. The highest BCUT2D eigenvalue weighted by Crippen LogP contribution is 2.28. The minimum Gasteiger partial charge on any atom is -0.383 e. The summed E-state index contributed by atoms with van der Waals surface area (Å²) in [6, 6.07) is 5.08. The predicted octanol–water partition coefficient (Wildman–Crippen LogP) is 2.37. The van der Waals surface area contributed by atoms with Crippen molar-refractivity contribution < 1.29 is 4.39 Å². The number of hydrogen-bond acceptors (Lipinski definition) is 2. The van der Waals surface area contributed by atoms with E-state index in [-0.39, 0.29) is 5.82 Å². The highest BCUT2D eigenvalue weighted by atomic mass is 19.1. The molecule has 16 heavy (non-hydrogen) atoms. The number of anilines is 1. The summed E-state index contributed by atoms with van der Waals surface area (Å²) in [5.41, 5.74) is 8.08. The summed E-state index contributed by atoms with van der Waals surface area (Å²) in [6.45, 7) is 2.03. The largest absolute Gasteiger partial charge is 0.383 e. The lowest BCUT2D eigenvalue weighted by molar-refractivity contribution is 0.630. The maximum absolute atomic E-state index is 13.7. The normalized spacial score (nSPS) is 10.7. The topological polar surface area (TPSA) is 43.8 Å². The number of benzene rings is 1. The third kappa shape index (κ3) is 1.66. The van der Waals surface area contributed by atoms with Gasteiger partial charge in [-0.2, -0.15) is 5.10 Å². The Morgan fingerprint density at radius 1 is 1.38 bits per heavy atom. The number of halogens is 1. The molecule has 0 amide bonds. The van der Waals surface area contributed by atoms with Gasteiger partial charge in [-0.05, 0) is 24.1 Å². The number of rotatable bonds is 2. The Bertz CT molecular complexity index is 517. The van der Waals surface area contributed by atoms with Crippen molar-refractivity contribution in [3.63, 3.8) is 0 Å². The van der Waals surface area contributed by atoms with E-state index >= 15 is 0 Å². The smallest absolute Gasteiger partial charge is 0.131 e. The van der Waals surface area contributed by atoms with Crippen LogP contribution in [0.1, 0.15) is 12.5 Å². The molecule has 0 atom stereocenters. The van der Waals surface area contributed by atoms with E-state index in [0.29, 0.717) is 16.9 Å². The zero-order valence-electron chi connectivity index (χ0n) is 9.37. The first-order valence-corrected chi connectivity index (χ1v) is 5.19. The van der Waals surface area contributed by atoms with Crippen LogP contribution < -0.4 is 5.73 Å². The molecule has 3 nitrogen and oxygen atoms in total. The zero-order chi connectivity index (χ0) is 11.7. The van der Waals surface area contributed by atoms with Crippen LogP contribution in [0.15, 0.2) is 24.4 Å². The van der Waals surface area contributed by atoms with Crippen LogP contribution in [0.4, 0.5) is 10.2 Å². The molecule has 0 aliphatic rings. The fourth-order valence-corrected chi connectivity index (χ4v) is 1.65. The molecule has 0 radical (unpaired) electrons. The summed E-state index contributed by atoms with van der Waals surface area (Å²) in [5.74, 6) is 0.212. The van der Waals surface area contributed by atoms with Crippen LogP contribution in [0.2, 0.25) is 0 Å². The molecule has 0 spiro atoms. The zero-order valence-corrected chi connectivity index (χ0v) is 9.37. The van der Waals surface area contributed by atoms with Crippen molar-refractivity contribution in [3.8, 4) is 11.1 Å². The van der Waals surface area contributed by atoms with Crippen LogP contribution in [-0.4, -0.2) is 9.78 Å². The van der Waals surface area contributed by atoms with Gasteiger partial charge in [0, 0.05) is 18.2 Å². The number of nitrogens with zero attached hydrogens (tertiary/aromatic N) is 2. The molecule has 0 saturated carbocycles. The molecule has 1 heterocycles. The number of hydrogen-bond donors (Lipinski definition) is 1. The SMILES string of the molecule is CCc1ccc(F)c(-c2cnn(C)c2N)c1. The highest BCUT2D eigenvalue weighted by Gasteiger charge is 2.12. The second-order valence-electron chi connectivity index (χ2n) is 3.73. The van der Waals surface area contributed by atoms with Gasteiger partial charge in [0.2, 0.25) is 0 Å². The second-order valence-corrected chi connectivity index (χ2v) is 3.73. The van der Waals surface area contributed by atoms with E-state index in [2.05, 4.69) is 5.10 Å². The monoisotopic (exact) mass is 219 g/mol. The summed E-state index contributed by atoms with van der Waals surface area (Å²) >= 11 is 0. The van der Waals surface area contributed by atoms with Gasteiger partial charge in [0.25, 0.3) is 0 Å². The van der Waals surface area contributed by atoms with Crippen LogP contribution >= 0.6 is 0 Å². The first-order valence-electron chi connectivity index (χ1n) is 5.19. The van der Waals surface area contributed by atoms with Gasteiger partial charge in [0.1, 0.15) is 11.6 Å². The molecule has 0 bridgehead atoms. The molecule has 4 heteroatoms. The fraction of sp³-hybridized carbons (Fsp3) is 0.250. The quantitative estimate of drug-likeness (QED) is 0.842. The predicted molar refractivity (Wildman–Crippen MR) is 62.4 cm³/mol. The van der Waals surface area contributed by atoms with Crippen molar-refractivity contribution in [2.75, 3.05) is 5.73 Å². The van der Waals surface area contributed by atoms with Crippen molar-refractivity contribution in [2.24, 2.45) is 7.05 Å². The van der Waals surface area contributed by atoms with E-state index in [1.54, 1.807) is 19.3 Å². The van der Waals surface area contributed by atoms with Gasteiger partial charge >= 0.3 is 0 Å². The van der Waals surface area contributed by atoms with Crippen LogP contribution in [0.3, 0.4) is 0 Å². The standard InChI is InChI=1S/C12H14FN3/c1-3-8-4-5-11(13)9(6-8)10-7-15-16(2)12(10)14/h4-7H,3,14H2,1-2H3. The Hall–Kier alpha value is -1.84. The van der Waals surface area contributed by atoms with Gasteiger partial charge in [-0.1, -0.05) is 13.0 Å². The van der Waals surface area contributed by atoms with E-state index < -0.39 is 0 Å². The van der Waals surface area contributed by atoms with Gasteiger partial charge in [-0.15, -0.1) is 0 Å². The molecule has 0 saturated heterocycles. The Labute approximate surface area is 93.7 Å². The van der Waals surface area contributed by atoms with E-state index in [1.165, 1.54) is 10.7 Å². The van der Waals surface area contributed by atoms with Crippen molar-refractivity contribution in [2.45, 2.75) is 13.3 Å². The molecule has 2 rings (SSSR count). The van der Waals surface area contributed by atoms with Gasteiger partial charge in [0.15, 0.2) is 0 Å². The number of nitrogens with two attached hydrogens (primary N) is 1. The van der Waals surface area contributed by atoms with E-state index in [9.17, 15) is 4.39 Å². The first-order chi connectivity index (χ1) is 7.63. The average molecular weight is 219 g/mol. The van der Waals surface area contributed by atoms with Crippen molar-refractivity contribution in [1.82, 2.24) is 9.78 Å². The summed E-state index contributed by atoms with van der Waals surface area (Å²) in [4.78, 5) is 0. The van der Waals surface area contributed by atoms with Crippen LogP contribution in [0.25, 0.3) is 11.1 Å². The Morgan fingerprint density at radius 3 is 2.69 bits per heavy atom. The lowest BCUT2D eigenvalue weighted by Crippen LogP contribution is -1.98. The van der Waals surface area contributed by atoms with E-state index in [4.69, 9.17) is 5.73 Å². The van der Waals surface area contributed by atoms with E-state index in [0.717, 1.165) is 12.0 Å². The summed E-state index contributed by atoms with van der Waals surface area (Å²) < 4.78 is 15.2. The molecule has 0 aliphatic carbocycles. The molecule has 84 valence electrons. The molecule has 0 unspecified atom stereocenters. The molecule has 2 aromatic rings. The fourth-order valence-electron chi connectivity index (χ4n) is 1.65. The van der Waals surface area contributed by atoms with Gasteiger partial charge in [-0.3, -0.25) is 4.68 Å². The second kappa shape index (κ2) is 3.96. The van der Waals surface area contributed by atoms with Crippen LogP contribution in [0.5, 0.6) is 0 Å². The van der Waals surface area contributed by atoms with Gasteiger partial charge < -0.3 is 5.73 Å². The third-order valence-corrected chi connectivity index (χ3v) is 2.71. The molecule has 1 aromatic carbocycles. The maximum Gasteiger partial charge on any atom is 0.131 e. The maximum atomic E-state index is 13.7. The van der Waals surface area contributed by atoms with Crippen molar-refractivity contribution in [3.05, 3.63) is 35.8 Å². The van der Waals surface area contributed by atoms with Gasteiger partial charge in [0.05, 0.1) is 6.20 Å². The number of aryl methyl sites for hydroxylation is 2.